The van der Waals surface area contributed by atoms with Gasteiger partial charge in [-0.05, 0) is 49.9 Å². The third-order valence-corrected chi connectivity index (χ3v) is 3.53. The first-order valence-corrected chi connectivity index (χ1v) is 4.88. The summed E-state index contributed by atoms with van der Waals surface area (Å²) in [7, 11) is 0. The van der Waals surface area contributed by atoms with E-state index in [-0.39, 0.29) is 0 Å². The smallest absolute Gasteiger partial charge is 0.0352 e. The topological polar surface area (TPSA) is 0 Å². The van der Waals surface area contributed by atoms with Crippen LogP contribution in [0.2, 0.25) is 0 Å². The van der Waals surface area contributed by atoms with Crippen molar-refractivity contribution < 1.29 is 0 Å². The zero-order valence-corrected chi connectivity index (χ0v) is 9.15. The molecule has 0 aliphatic carbocycles. The van der Waals surface area contributed by atoms with E-state index in [9.17, 15) is 0 Å². The molecule has 0 heterocycles. The zero-order chi connectivity index (χ0) is 8.27. The lowest BCUT2D eigenvalue weighted by Gasteiger charge is -2.01. The van der Waals surface area contributed by atoms with E-state index in [0.29, 0.717) is 0 Å². The third kappa shape index (κ3) is 2.17. The lowest BCUT2D eigenvalue weighted by molar-refractivity contribution is 1.25. The first-order chi connectivity index (χ1) is 5.25. The predicted molar refractivity (Wildman–Crippen MR) is 55.7 cm³/mol. The van der Waals surface area contributed by atoms with Crippen molar-refractivity contribution in [3.8, 4) is 0 Å². The van der Waals surface area contributed by atoms with Crippen LogP contribution in [-0.2, 0) is 6.42 Å². The van der Waals surface area contributed by atoms with Gasteiger partial charge in [0.15, 0.2) is 0 Å². The fourth-order valence-electron chi connectivity index (χ4n) is 0.862. The molecule has 58 valence electrons. The maximum Gasteiger partial charge on any atom is 0.0352 e. The number of benzene rings is 1. The quantitative estimate of drug-likeness (QED) is 0.718. The number of allylic oxidation sites excluding steroid dienone is 1. The van der Waals surface area contributed by atoms with Gasteiger partial charge in [0.2, 0.25) is 0 Å². The molecule has 0 spiro atoms. The van der Waals surface area contributed by atoms with Crippen molar-refractivity contribution in [1.82, 2.24) is 0 Å². The lowest BCUT2D eigenvalue weighted by Crippen LogP contribution is -1.82. The molecule has 0 N–H and O–H groups in total. The zero-order valence-electron chi connectivity index (χ0n) is 5.98. The molecule has 0 saturated carbocycles. The second-order valence-corrected chi connectivity index (χ2v) is 3.85. The number of hydrogen-bond acceptors (Lipinski definition) is 0. The monoisotopic (exact) mass is 274 g/mol. The van der Waals surface area contributed by atoms with E-state index in [1.165, 1.54) is 5.56 Å². The highest BCUT2D eigenvalue weighted by Crippen LogP contribution is 2.26. The van der Waals surface area contributed by atoms with Gasteiger partial charge in [0.05, 0.1) is 0 Å². The minimum absolute atomic E-state index is 0.903. The summed E-state index contributed by atoms with van der Waals surface area (Å²) in [6.07, 6.45) is 2.80. The summed E-state index contributed by atoms with van der Waals surface area (Å²) in [5.41, 5.74) is 1.26. The van der Waals surface area contributed by atoms with Crippen molar-refractivity contribution in [2.24, 2.45) is 0 Å². The van der Waals surface area contributed by atoms with Crippen molar-refractivity contribution in [2.45, 2.75) is 6.42 Å². The van der Waals surface area contributed by atoms with E-state index >= 15 is 0 Å². The Kier molecular flexibility index (Phi) is 3.34. The first kappa shape index (κ1) is 9.01. The van der Waals surface area contributed by atoms with E-state index in [4.69, 9.17) is 0 Å². The Morgan fingerprint density at radius 1 is 1.36 bits per heavy atom. The van der Waals surface area contributed by atoms with Crippen LogP contribution in [0.5, 0.6) is 0 Å². The summed E-state index contributed by atoms with van der Waals surface area (Å²) in [6.45, 7) is 3.69. The van der Waals surface area contributed by atoms with Gasteiger partial charge >= 0.3 is 0 Å². The summed E-state index contributed by atoms with van der Waals surface area (Å²) in [5, 5.41) is 0. The molecule has 0 amide bonds. The predicted octanol–water partition coefficient (Wildman–Crippen LogP) is 3.94. The second-order valence-electron chi connectivity index (χ2n) is 2.21. The van der Waals surface area contributed by atoms with Gasteiger partial charge in [-0.3, -0.25) is 0 Å². The fraction of sp³-hybridized carbons (Fsp3) is 0.111. The minimum atomic E-state index is 0.903. The Morgan fingerprint density at radius 2 is 2.09 bits per heavy atom. The summed E-state index contributed by atoms with van der Waals surface area (Å²) in [6, 6.07) is 6.11. The van der Waals surface area contributed by atoms with Crippen LogP contribution in [0.4, 0.5) is 0 Å². The van der Waals surface area contributed by atoms with Crippen LogP contribution in [0.15, 0.2) is 39.8 Å². The van der Waals surface area contributed by atoms with Gasteiger partial charge in [0.1, 0.15) is 0 Å². The van der Waals surface area contributed by atoms with Crippen molar-refractivity contribution in [3.63, 3.8) is 0 Å². The SMILES string of the molecule is C=CCc1cccc(Br)c1Br. The van der Waals surface area contributed by atoms with Gasteiger partial charge < -0.3 is 0 Å². The minimum Gasteiger partial charge on any atom is -0.103 e. The maximum absolute atomic E-state index is 3.69. The molecule has 0 unspecified atom stereocenters. The van der Waals surface area contributed by atoms with Gasteiger partial charge in [-0.25, -0.2) is 0 Å². The molecule has 0 atom stereocenters. The summed E-state index contributed by atoms with van der Waals surface area (Å²) in [5.74, 6) is 0. The Morgan fingerprint density at radius 3 is 2.73 bits per heavy atom. The molecule has 0 fully saturated rings. The van der Waals surface area contributed by atoms with Gasteiger partial charge in [-0.1, -0.05) is 18.2 Å². The molecule has 2 heteroatoms. The molecule has 11 heavy (non-hydrogen) atoms. The molecule has 1 aromatic rings. The van der Waals surface area contributed by atoms with Crippen LogP contribution in [0.1, 0.15) is 5.56 Å². The molecule has 0 nitrogen and oxygen atoms in total. The first-order valence-electron chi connectivity index (χ1n) is 3.29. The summed E-state index contributed by atoms with van der Waals surface area (Å²) >= 11 is 6.92. The van der Waals surface area contributed by atoms with Crippen molar-refractivity contribution in [3.05, 3.63) is 45.4 Å². The highest BCUT2D eigenvalue weighted by molar-refractivity contribution is 9.13. The molecule has 0 saturated heterocycles. The van der Waals surface area contributed by atoms with Crippen molar-refractivity contribution in [1.29, 1.82) is 0 Å². The number of rotatable bonds is 2. The van der Waals surface area contributed by atoms with Gasteiger partial charge in [-0.15, -0.1) is 6.58 Å². The second kappa shape index (κ2) is 4.07. The highest BCUT2D eigenvalue weighted by Gasteiger charge is 1.99. The average Bonchev–Trinajstić information content (AvgIpc) is 1.99. The van der Waals surface area contributed by atoms with Crippen LogP contribution < -0.4 is 0 Å². The molecule has 0 radical (unpaired) electrons. The number of halogens is 2. The largest absolute Gasteiger partial charge is 0.103 e. The fourth-order valence-corrected chi connectivity index (χ4v) is 1.70. The van der Waals surface area contributed by atoms with Crippen LogP contribution in [0.3, 0.4) is 0 Å². The van der Waals surface area contributed by atoms with E-state index in [0.717, 1.165) is 15.4 Å². The molecule has 0 aromatic heterocycles. The standard InChI is InChI=1S/C9H8Br2/c1-2-4-7-5-3-6-8(10)9(7)11/h2-3,5-6H,1,4H2. The molecule has 1 aromatic carbocycles. The van der Waals surface area contributed by atoms with Crippen molar-refractivity contribution in [2.75, 3.05) is 0 Å². The Bertz CT molecular complexity index is 266. The Balaban J connectivity index is 3.05. The summed E-state index contributed by atoms with van der Waals surface area (Å²) in [4.78, 5) is 0. The molecular weight excluding hydrogens is 268 g/mol. The van der Waals surface area contributed by atoms with Crippen LogP contribution in [-0.4, -0.2) is 0 Å². The van der Waals surface area contributed by atoms with Crippen LogP contribution in [0, 0.1) is 0 Å². The van der Waals surface area contributed by atoms with Crippen LogP contribution >= 0.6 is 31.9 Å². The highest BCUT2D eigenvalue weighted by atomic mass is 79.9. The van der Waals surface area contributed by atoms with Gasteiger partial charge in [0.25, 0.3) is 0 Å². The molecule has 0 aliphatic rings. The van der Waals surface area contributed by atoms with Crippen LogP contribution in [0.25, 0.3) is 0 Å². The van der Waals surface area contributed by atoms with E-state index < -0.39 is 0 Å². The van der Waals surface area contributed by atoms with E-state index in [1.54, 1.807) is 0 Å². The van der Waals surface area contributed by atoms with Gasteiger partial charge in [-0.2, -0.15) is 0 Å². The molecule has 0 aliphatic heterocycles. The van der Waals surface area contributed by atoms with Crippen molar-refractivity contribution >= 4 is 31.9 Å². The van der Waals surface area contributed by atoms with E-state index in [1.807, 2.05) is 18.2 Å². The Labute approximate surface area is 83.6 Å². The molecular formula is C9H8Br2. The Hall–Kier alpha value is -0.0800. The van der Waals surface area contributed by atoms with E-state index in [2.05, 4.69) is 44.5 Å². The molecule has 0 bridgehead atoms. The third-order valence-electron chi connectivity index (χ3n) is 1.40. The normalized spacial score (nSPS) is 9.64. The molecule has 1 rings (SSSR count). The van der Waals surface area contributed by atoms with Gasteiger partial charge in [0, 0.05) is 8.95 Å². The maximum atomic E-state index is 3.69. The average molecular weight is 276 g/mol. The lowest BCUT2D eigenvalue weighted by atomic mass is 10.2. The number of hydrogen-bond donors (Lipinski definition) is 0. The summed E-state index contributed by atoms with van der Waals surface area (Å²) < 4.78 is 2.22.